The molecule has 1 aliphatic rings. The first-order valence-electron chi connectivity index (χ1n) is 6.17. The summed E-state index contributed by atoms with van der Waals surface area (Å²) in [5, 5.41) is 0. The maximum atomic E-state index is 6.29. The van der Waals surface area contributed by atoms with Crippen LogP contribution in [0.25, 0.3) is 0 Å². The molecule has 1 aliphatic carbocycles. The molecule has 1 atom stereocenters. The summed E-state index contributed by atoms with van der Waals surface area (Å²) in [4.78, 5) is 0. The summed E-state index contributed by atoms with van der Waals surface area (Å²) in [5.74, 6) is 1.55. The molecule has 2 nitrogen and oxygen atoms in total. The van der Waals surface area contributed by atoms with Crippen LogP contribution in [0.15, 0.2) is 47.1 Å². The predicted molar refractivity (Wildman–Crippen MR) is 67.7 cm³/mol. The van der Waals surface area contributed by atoms with Gasteiger partial charge in [0.15, 0.2) is 0 Å². The summed E-state index contributed by atoms with van der Waals surface area (Å²) < 4.78 is 5.36. The van der Waals surface area contributed by atoms with Gasteiger partial charge in [0.05, 0.1) is 6.26 Å². The van der Waals surface area contributed by atoms with Crippen molar-refractivity contribution in [1.29, 1.82) is 0 Å². The summed E-state index contributed by atoms with van der Waals surface area (Å²) in [7, 11) is 0. The zero-order valence-electron chi connectivity index (χ0n) is 9.80. The second-order valence-electron chi connectivity index (χ2n) is 4.88. The average Bonchev–Trinajstić information content (AvgIpc) is 2.96. The van der Waals surface area contributed by atoms with Crippen LogP contribution in [-0.2, 0) is 19.3 Å². The van der Waals surface area contributed by atoms with Crippen molar-refractivity contribution in [2.45, 2.75) is 25.3 Å². The molecule has 0 aliphatic heterocycles. The SMILES string of the molecule is NC(Cc1ccco1)C1Cc2ccccc2C1. The van der Waals surface area contributed by atoms with Gasteiger partial charge in [-0.3, -0.25) is 0 Å². The summed E-state index contributed by atoms with van der Waals surface area (Å²) in [6.45, 7) is 0. The van der Waals surface area contributed by atoms with Crippen molar-refractivity contribution in [3.05, 3.63) is 59.5 Å². The molecule has 0 spiro atoms. The van der Waals surface area contributed by atoms with Crippen LogP contribution in [0.1, 0.15) is 16.9 Å². The molecular weight excluding hydrogens is 210 g/mol. The molecule has 17 heavy (non-hydrogen) atoms. The first-order valence-corrected chi connectivity index (χ1v) is 6.17. The van der Waals surface area contributed by atoms with Gasteiger partial charge in [-0.1, -0.05) is 24.3 Å². The normalized spacial score (nSPS) is 17.0. The third-order valence-electron chi connectivity index (χ3n) is 3.71. The van der Waals surface area contributed by atoms with Gasteiger partial charge in [0.1, 0.15) is 5.76 Å². The maximum absolute atomic E-state index is 6.29. The van der Waals surface area contributed by atoms with Gasteiger partial charge in [-0.15, -0.1) is 0 Å². The Labute approximate surface area is 101 Å². The van der Waals surface area contributed by atoms with Crippen LogP contribution >= 0.6 is 0 Å². The van der Waals surface area contributed by atoms with E-state index in [1.165, 1.54) is 11.1 Å². The highest BCUT2D eigenvalue weighted by molar-refractivity contribution is 5.32. The number of nitrogens with two attached hydrogens (primary N) is 1. The van der Waals surface area contributed by atoms with Crippen LogP contribution in [0, 0.1) is 5.92 Å². The Morgan fingerprint density at radius 2 is 1.82 bits per heavy atom. The standard InChI is InChI=1S/C15H17NO/c16-15(10-14-6-3-7-17-14)13-8-11-4-1-2-5-12(11)9-13/h1-7,13,15H,8-10,16H2. The molecule has 0 fully saturated rings. The molecule has 1 aromatic carbocycles. The Kier molecular flexibility index (Phi) is 2.73. The van der Waals surface area contributed by atoms with Gasteiger partial charge < -0.3 is 10.2 Å². The highest BCUT2D eigenvalue weighted by atomic mass is 16.3. The molecule has 88 valence electrons. The molecule has 2 N–H and O–H groups in total. The van der Waals surface area contributed by atoms with Crippen LogP contribution in [0.4, 0.5) is 0 Å². The van der Waals surface area contributed by atoms with Crippen LogP contribution in [0.5, 0.6) is 0 Å². The van der Waals surface area contributed by atoms with Crippen molar-refractivity contribution in [3.63, 3.8) is 0 Å². The van der Waals surface area contributed by atoms with Crippen molar-refractivity contribution < 1.29 is 4.42 Å². The molecule has 0 amide bonds. The summed E-state index contributed by atoms with van der Waals surface area (Å²) >= 11 is 0. The maximum Gasteiger partial charge on any atom is 0.105 e. The van der Waals surface area contributed by atoms with Gasteiger partial charge in [0, 0.05) is 12.5 Å². The van der Waals surface area contributed by atoms with E-state index in [0.29, 0.717) is 5.92 Å². The summed E-state index contributed by atoms with van der Waals surface area (Å²) in [5.41, 5.74) is 9.22. The minimum Gasteiger partial charge on any atom is -0.469 e. The van der Waals surface area contributed by atoms with Gasteiger partial charge >= 0.3 is 0 Å². The quantitative estimate of drug-likeness (QED) is 0.875. The van der Waals surface area contributed by atoms with Crippen molar-refractivity contribution >= 4 is 0 Å². The monoisotopic (exact) mass is 227 g/mol. The molecule has 1 aromatic heterocycles. The number of rotatable bonds is 3. The number of hydrogen-bond donors (Lipinski definition) is 1. The van der Waals surface area contributed by atoms with Crippen LogP contribution < -0.4 is 5.73 Å². The zero-order valence-corrected chi connectivity index (χ0v) is 9.80. The van der Waals surface area contributed by atoms with E-state index in [1.54, 1.807) is 6.26 Å². The van der Waals surface area contributed by atoms with Crippen LogP contribution in [-0.4, -0.2) is 6.04 Å². The average molecular weight is 227 g/mol. The van der Waals surface area contributed by atoms with Gasteiger partial charge in [-0.25, -0.2) is 0 Å². The van der Waals surface area contributed by atoms with Gasteiger partial charge in [0.25, 0.3) is 0 Å². The van der Waals surface area contributed by atoms with Crippen molar-refractivity contribution in [1.82, 2.24) is 0 Å². The molecule has 1 heterocycles. The van der Waals surface area contributed by atoms with Crippen molar-refractivity contribution in [2.75, 3.05) is 0 Å². The van der Waals surface area contributed by atoms with E-state index in [0.717, 1.165) is 25.0 Å². The molecule has 0 saturated heterocycles. The second kappa shape index (κ2) is 4.38. The largest absolute Gasteiger partial charge is 0.469 e. The molecule has 0 radical (unpaired) electrons. The Hall–Kier alpha value is -1.54. The van der Waals surface area contributed by atoms with E-state index in [9.17, 15) is 0 Å². The molecule has 0 saturated carbocycles. The summed E-state index contributed by atoms with van der Waals surface area (Å²) in [6, 6.07) is 12.8. The van der Waals surface area contributed by atoms with E-state index in [2.05, 4.69) is 24.3 Å². The van der Waals surface area contributed by atoms with Crippen molar-refractivity contribution in [2.24, 2.45) is 11.7 Å². The number of furan rings is 1. The fourth-order valence-corrected chi connectivity index (χ4v) is 2.72. The van der Waals surface area contributed by atoms with E-state index < -0.39 is 0 Å². The Morgan fingerprint density at radius 3 is 2.41 bits per heavy atom. The minimum atomic E-state index is 0.188. The molecule has 2 aromatic rings. The first-order chi connectivity index (χ1) is 8.33. The number of fused-ring (bicyclic) bond motifs is 1. The Balaban J connectivity index is 1.68. The van der Waals surface area contributed by atoms with Crippen LogP contribution in [0.2, 0.25) is 0 Å². The lowest BCUT2D eigenvalue weighted by Crippen LogP contribution is -2.32. The predicted octanol–water partition coefficient (Wildman–Crippen LogP) is 2.56. The third-order valence-corrected chi connectivity index (χ3v) is 3.71. The smallest absolute Gasteiger partial charge is 0.105 e. The lowest BCUT2D eigenvalue weighted by atomic mass is 9.94. The zero-order chi connectivity index (χ0) is 11.7. The molecule has 0 bridgehead atoms. The highest BCUT2D eigenvalue weighted by Gasteiger charge is 2.26. The first kappa shape index (κ1) is 10.6. The van der Waals surface area contributed by atoms with Gasteiger partial charge in [0.2, 0.25) is 0 Å². The van der Waals surface area contributed by atoms with Crippen molar-refractivity contribution in [3.8, 4) is 0 Å². The van der Waals surface area contributed by atoms with Crippen LogP contribution in [0.3, 0.4) is 0 Å². The second-order valence-corrected chi connectivity index (χ2v) is 4.88. The molecule has 2 heteroatoms. The lowest BCUT2D eigenvalue weighted by Gasteiger charge is -2.17. The Morgan fingerprint density at radius 1 is 1.12 bits per heavy atom. The molecule has 3 rings (SSSR count). The molecular formula is C15H17NO. The van der Waals surface area contributed by atoms with E-state index >= 15 is 0 Å². The van der Waals surface area contributed by atoms with Gasteiger partial charge in [-0.2, -0.15) is 0 Å². The molecule has 1 unspecified atom stereocenters. The fourth-order valence-electron chi connectivity index (χ4n) is 2.72. The minimum absolute atomic E-state index is 0.188. The number of hydrogen-bond acceptors (Lipinski definition) is 2. The summed E-state index contributed by atoms with van der Waals surface area (Å²) in [6.07, 6.45) is 4.77. The van der Waals surface area contributed by atoms with E-state index in [4.69, 9.17) is 10.2 Å². The topological polar surface area (TPSA) is 39.2 Å². The number of benzene rings is 1. The lowest BCUT2D eigenvalue weighted by molar-refractivity contribution is 0.400. The Bertz CT molecular complexity index is 464. The fraction of sp³-hybridized carbons (Fsp3) is 0.333. The van der Waals surface area contributed by atoms with E-state index in [1.807, 2.05) is 12.1 Å². The van der Waals surface area contributed by atoms with Gasteiger partial charge in [-0.05, 0) is 42.0 Å². The third kappa shape index (κ3) is 2.13. The van der Waals surface area contributed by atoms with E-state index in [-0.39, 0.29) is 6.04 Å². The highest BCUT2D eigenvalue weighted by Crippen LogP contribution is 2.29.